The predicted molar refractivity (Wildman–Crippen MR) is 112 cm³/mol. The van der Waals surface area contributed by atoms with E-state index in [-0.39, 0.29) is 23.9 Å². The summed E-state index contributed by atoms with van der Waals surface area (Å²) in [5.41, 5.74) is 1.54. The molecule has 0 saturated carbocycles. The fourth-order valence-corrected chi connectivity index (χ4v) is 4.06. The molecule has 4 rings (SSSR count). The molecule has 1 atom stereocenters. The zero-order chi connectivity index (χ0) is 22.0. The Bertz CT molecular complexity index is 957. The van der Waals surface area contributed by atoms with E-state index in [2.05, 4.69) is 22.2 Å². The Morgan fingerprint density at radius 1 is 1.35 bits per heavy atom. The molecule has 0 spiro atoms. The Hall–Kier alpha value is -3.17. The van der Waals surface area contributed by atoms with Crippen LogP contribution < -0.4 is 15.1 Å². The van der Waals surface area contributed by atoms with Gasteiger partial charge in [0.1, 0.15) is 24.3 Å². The average Bonchev–Trinajstić information content (AvgIpc) is 3.39. The molecule has 2 aliphatic rings. The lowest BCUT2D eigenvalue weighted by Crippen LogP contribution is -2.35. The summed E-state index contributed by atoms with van der Waals surface area (Å²) in [6.45, 7) is 6.93. The maximum atomic E-state index is 15.0. The van der Waals surface area contributed by atoms with E-state index in [0.29, 0.717) is 49.1 Å². The van der Waals surface area contributed by atoms with Gasteiger partial charge >= 0.3 is 0 Å². The summed E-state index contributed by atoms with van der Waals surface area (Å²) in [5, 5.41) is 10.5. The molecule has 166 valence electrons. The number of hydrogen-bond acceptors (Lipinski definition) is 6. The topological polar surface area (TPSA) is 75.5 Å². The van der Waals surface area contributed by atoms with Crippen LogP contribution in [0.2, 0.25) is 0 Å². The quantitative estimate of drug-likeness (QED) is 0.756. The summed E-state index contributed by atoms with van der Waals surface area (Å²) in [6, 6.07) is 5.25. The van der Waals surface area contributed by atoms with Crippen LogP contribution >= 0.6 is 0 Å². The number of nitrogens with one attached hydrogen (secondary N) is 1. The van der Waals surface area contributed by atoms with Gasteiger partial charge in [0.05, 0.1) is 31.0 Å². The number of alkyl halides is 1. The van der Waals surface area contributed by atoms with Gasteiger partial charge in [-0.05, 0) is 37.6 Å². The van der Waals surface area contributed by atoms with Gasteiger partial charge in [-0.1, -0.05) is 5.21 Å². The zero-order valence-electron chi connectivity index (χ0n) is 17.4. The highest BCUT2D eigenvalue weighted by atomic mass is 19.1. The Balaban J connectivity index is 1.38. The van der Waals surface area contributed by atoms with Crippen molar-refractivity contribution in [3.63, 3.8) is 0 Å². The van der Waals surface area contributed by atoms with Crippen molar-refractivity contribution < 1.29 is 18.3 Å². The van der Waals surface area contributed by atoms with Crippen LogP contribution in [0, 0.1) is 5.82 Å². The molecule has 1 aromatic carbocycles. The molecule has 10 heteroatoms. The van der Waals surface area contributed by atoms with Crippen molar-refractivity contribution in [2.24, 2.45) is 0 Å². The molecule has 3 heterocycles. The molecule has 0 bridgehead atoms. The minimum Gasteiger partial charge on any atom is -0.472 e. The van der Waals surface area contributed by atoms with Gasteiger partial charge in [0.2, 0.25) is 5.91 Å². The minimum absolute atomic E-state index is 0.126. The summed E-state index contributed by atoms with van der Waals surface area (Å²) < 4.78 is 35.1. The van der Waals surface area contributed by atoms with E-state index in [9.17, 15) is 13.6 Å². The standard InChI is InChI=1S/C21H26F2N6O2/c1-14(30)24-11-19-13-28(15(2)31-19)18-3-4-21(20(23)9-18)27-7-5-17(6-8-27)29-12-16(10-22)25-26-29/h3-4,9,12,17,19H,2,5-8,10-11,13H2,1H3,(H,24,30). The Kier molecular flexibility index (Phi) is 6.06. The zero-order valence-corrected chi connectivity index (χ0v) is 17.4. The Morgan fingerprint density at radius 2 is 2.13 bits per heavy atom. The SMILES string of the molecule is C=C1OC(CNC(C)=O)CN1c1ccc(N2CCC(n3cc(CF)nn3)CC2)c(F)c1. The van der Waals surface area contributed by atoms with E-state index in [1.165, 1.54) is 13.0 Å². The Labute approximate surface area is 179 Å². The second-order valence-electron chi connectivity index (χ2n) is 7.86. The van der Waals surface area contributed by atoms with Crippen molar-refractivity contribution in [1.29, 1.82) is 0 Å². The number of piperidine rings is 1. The first-order valence-corrected chi connectivity index (χ1v) is 10.3. The molecule has 31 heavy (non-hydrogen) atoms. The first kappa shape index (κ1) is 21.1. The number of nitrogens with zero attached hydrogens (tertiary/aromatic N) is 5. The van der Waals surface area contributed by atoms with E-state index >= 15 is 0 Å². The third-order valence-corrected chi connectivity index (χ3v) is 5.69. The van der Waals surface area contributed by atoms with Crippen LogP contribution in [0.1, 0.15) is 31.5 Å². The van der Waals surface area contributed by atoms with Crippen molar-refractivity contribution in [3.8, 4) is 0 Å². The van der Waals surface area contributed by atoms with Crippen molar-refractivity contribution in [1.82, 2.24) is 20.3 Å². The van der Waals surface area contributed by atoms with Crippen LogP contribution in [-0.2, 0) is 16.2 Å². The number of carbonyl (C=O) groups is 1. The van der Waals surface area contributed by atoms with Gasteiger partial charge in [-0.3, -0.25) is 4.79 Å². The monoisotopic (exact) mass is 432 g/mol. The highest BCUT2D eigenvalue weighted by molar-refractivity contribution is 5.72. The number of hydrogen-bond donors (Lipinski definition) is 1. The van der Waals surface area contributed by atoms with Gasteiger partial charge in [0, 0.05) is 25.7 Å². The molecule has 1 unspecified atom stereocenters. The normalized spacial score (nSPS) is 19.6. The molecule has 2 fully saturated rings. The number of ether oxygens (including phenoxy) is 1. The molecule has 1 N–H and O–H groups in total. The van der Waals surface area contributed by atoms with E-state index in [1.54, 1.807) is 21.8 Å². The van der Waals surface area contributed by atoms with Crippen LogP contribution in [0.5, 0.6) is 0 Å². The smallest absolute Gasteiger partial charge is 0.217 e. The highest BCUT2D eigenvalue weighted by Crippen LogP contribution is 2.32. The molecule has 2 aliphatic heterocycles. The van der Waals surface area contributed by atoms with Crippen molar-refractivity contribution >= 4 is 17.3 Å². The maximum Gasteiger partial charge on any atom is 0.217 e. The van der Waals surface area contributed by atoms with Crippen LogP contribution in [0.3, 0.4) is 0 Å². The summed E-state index contributed by atoms with van der Waals surface area (Å²) >= 11 is 0. The van der Waals surface area contributed by atoms with Gasteiger partial charge in [0.25, 0.3) is 0 Å². The van der Waals surface area contributed by atoms with Gasteiger partial charge in [-0.15, -0.1) is 5.10 Å². The largest absolute Gasteiger partial charge is 0.472 e. The van der Waals surface area contributed by atoms with Gasteiger partial charge < -0.3 is 19.9 Å². The number of benzene rings is 1. The second-order valence-corrected chi connectivity index (χ2v) is 7.86. The second kappa shape index (κ2) is 8.91. The summed E-state index contributed by atoms with van der Waals surface area (Å²) in [4.78, 5) is 14.9. The first-order valence-electron chi connectivity index (χ1n) is 10.3. The van der Waals surface area contributed by atoms with E-state index < -0.39 is 6.67 Å². The highest BCUT2D eigenvalue weighted by Gasteiger charge is 2.29. The predicted octanol–water partition coefficient (Wildman–Crippen LogP) is 2.54. The molecule has 8 nitrogen and oxygen atoms in total. The van der Waals surface area contributed by atoms with Gasteiger partial charge in [-0.2, -0.15) is 0 Å². The lowest BCUT2D eigenvalue weighted by Gasteiger charge is -2.33. The fraction of sp³-hybridized carbons (Fsp3) is 0.476. The van der Waals surface area contributed by atoms with Crippen molar-refractivity contribution in [2.75, 3.05) is 36.0 Å². The Morgan fingerprint density at radius 3 is 2.77 bits per heavy atom. The molecule has 1 amide bonds. The third kappa shape index (κ3) is 4.62. The first-order chi connectivity index (χ1) is 14.9. The summed E-state index contributed by atoms with van der Waals surface area (Å²) in [5.74, 6) is -0.00293. The van der Waals surface area contributed by atoms with Crippen LogP contribution in [0.4, 0.5) is 20.2 Å². The summed E-state index contributed by atoms with van der Waals surface area (Å²) in [6.07, 6.45) is 2.96. The van der Waals surface area contributed by atoms with Crippen LogP contribution in [0.15, 0.2) is 36.9 Å². The molecule has 0 radical (unpaired) electrons. The van der Waals surface area contributed by atoms with Gasteiger partial charge in [0.15, 0.2) is 5.88 Å². The van der Waals surface area contributed by atoms with Crippen LogP contribution in [-0.4, -0.2) is 53.2 Å². The molecule has 0 aliphatic carbocycles. The third-order valence-electron chi connectivity index (χ3n) is 5.69. The lowest BCUT2D eigenvalue weighted by molar-refractivity contribution is -0.119. The van der Waals surface area contributed by atoms with E-state index in [1.807, 2.05) is 11.0 Å². The number of carbonyl (C=O) groups excluding carboxylic acids is 1. The molecule has 2 saturated heterocycles. The van der Waals surface area contributed by atoms with E-state index in [4.69, 9.17) is 4.74 Å². The fourth-order valence-electron chi connectivity index (χ4n) is 4.06. The number of halogens is 2. The molecular weight excluding hydrogens is 406 g/mol. The van der Waals surface area contributed by atoms with Crippen LogP contribution in [0.25, 0.3) is 0 Å². The molecule has 1 aromatic heterocycles. The number of rotatable bonds is 6. The van der Waals surface area contributed by atoms with Crippen molar-refractivity contribution in [2.45, 2.75) is 38.6 Å². The number of amides is 1. The maximum absolute atomic E-state index is 15.0. The van der Waals surface area contributed by atoms with E-state index in [0.717, 1.165) is 12.8 Å². The summed E-state index contributed by atoms with van der Waals surface area (Å²) in [7, 11) is 0. The average molecular weight is 432 g/mol. The minimum atomic E-state index is -0.626. The van der Waals surface area contributed by atoms with Crippen molar-refractivity contribution in [3.05, 3.63) is 48.4 Å². The number of aromatic nitrogens is 3. The van der Waals surface area contributed by atoms with Gasteiger partial charge in [-0.25, -0.2) is 13.5 Å². The molecule has 2 aromatic rings. The molecular formula is C21H26F2N6O2. The lowest BCUT2D eigenvalue weighted by atomic mass is 10.0. The number of anilines is 2.